The summed E-state index contributed by atoms with van der Waals surface area (Å²) in [5, 5.41) is 2.64. The Morgan fingerprint density at radius 1 is 1.13 bits per heavy atom. The highest BCUT2D eigenvalue weighted by atomic mass is 35.5. The van der Waals surface area contributed by atoms with Crippen molar-refractivity contribution in [2.45, 2.75) is 20.8 Å². The molecule has 2 aromatic carbocycles. The van der Waals surface area contributed by atoms with Gasteiger partial charge < -0.3 is 9.64 Å². The Balaban J connectivity index is 2.05. The van der Waals surface area contributed by atoms with Gasteiger partial charge >= 0.3 is 6.03 Å². The Bertz CT molecular complexity index is 1080. The highest BCUT2D eigenvalue weighted by Gasteiger charge is 2.37. The van der Waals surface area contributed by atoms with E-state index in [2.05, 4.69) is 24.1 Å². The van der Waals surface area contributed by atoms with E-state index >= 15 is 0 Å². The highest BCUT2D eigenvalue weighted by molar-refractivity contribution is 6.40. The number of hydrogen-bond acceptors (Lipinski definition) is 5. The average molecular weight is 442 g/mol. The van der Waals surface area contributed by atoms with Crippen LogP contribution in [0.4, 0.5) is 16.2 Å². The third-order valence-corrected chi connectivity index (χ3v) is 5.64. The molecule has 162 valence electrons. The Hall–Kier alpha value is -3.32. The van der Waals surface area contributed by atoms with Gasteiger partial charge in [0.25, 0.3) is 11.8 Å². The molecule has 1 heterocycles. The fourth-order valence-electron chi connectivity index (χ4n) is 3.47. The van der Waals surface area contributed by atoms with Crippen LogP contribution in [0.5, 0.6) is 5.75 Å². The Labute approximate surface area is 186 Å². The number of halogens is 1. The number of ether oxygens (including phenoxy) is 1. The van der Waals surface area contributed by atoms with Gasteiger partial charge in [0, 0.05) is 35.4 Å². The molecule has 0 bridgehead atoms. The minimum Gasteiger partial charge on any atom is -0.496 e. The van der Waals surface area contributed by atoms with Crippen molar-refractivity contribution in [3.05, 3.63) is 58.1 Å². The smallest absolute Gasteiger partial charge is 0.335 e. The number of imide groups is 2. The van der Waals surface area contributed by atoms with Gasteiger partial charge in [-0.2, -0.15) is 0 Å². The molecule has 0 saturated carbocycles. The molecule has 1 aliphatic rings. The van der Waals surface area contributed by atoms with Gasteiger partial charge in [0.1, 0.15) is 11.3 Å². The number of methoxy groups -OCH3 is 1. The first-order valence-corrected chi connectivity index (χ1v) is 10.3. The number of carbonyl (C=O) groups excluding carboxylic acids is 3. The van der Waals surface area contributed by atoms with Crippen molar-refractivity contribution >= 4 is 46.9 Å². The van der Waals surface area contributed by atoms with Gasteiger partial charge in [-0.3, -0.25) is 14.9 Å². The van der Waals surface area contributed by atoms with Crippen LogP contribution in [-0.4, -0.2) is 38.0 Å². The maximum Gasteiger partial charge on any atom is 0.335 e. The van der Waals surface area contributed by atoms with Gasteiger partial charge in [-0.05, 0) is 56.7 Å². The zero-order valence-corrected chi connectivity index (χ0v) is 18.6. The van der Waals surface area contributed by atoms with Crippen LogP contribution in [0.15, 0.2) is 42.0 Å². The molecule has 0 radical (unpaired) electrons. The van der Waals surface area contributed by atoms with Gasteiger partial charge in [0.2, 0.25) is 0 Å². The normalized spacial score (nSPS) is 15.3. The third kappa shape index (κ3) is 4.27. The fraction of sp³-hybridized carbons (Fsp3) is 0.261. The molecule has 0 spiro atoms. The van der Waals surface area contributed by atoms with Crippen molar-refractivity contribution in [2.75, 3.05) is 30.0 Å². The van der Waals surface area contributed by atoms with Crippen LogP contribution >= 0.6 is 11.6 Å². The minimum atomic E-state index is -0.818. The molecule has 8 heteroatoms. The van der Waals surface area contributed by atoms with Crippen molar-refractivity contribution in [3.8, 4) is 5.75 Å². The Morgan fingerprint density at radius 2 is 1.84 bits per heavy atom. The molecule has 1 aliphatic heterocycles. The molecule has 31 heavy (non-hydrogen) atoms. The summed E-state index contributed by atoms with van der Waals surface area (Å²) in [6, 6.07) is 9.63. The first-order valence-electron chi connectivity index (χ1n) is 9.91. The summed E-state index contributed by atoms with van der Waals surface area (Å²) in [6.07, 6.45) is 1.43. The second kappa shape index (κ2) is 9.22. The molecule has 4 amide bonds. The third-order valence-electron chi connectivity index (χ3n) is 5.23. The van der Waals surface area contributed by atoms with E-state index < -0.39 is 17.8 Å². The number of anilines is 2. The molecule has 0 aliphatic carbocycles. The van der Waals surface area contributed by atoms with Gasteiger partial charge in [0.15, 0.2) is 0 Å². The van der Waals surface area contributed by atoms with E-state index in [1.165, 1.54) is 13.2 Å². The second-order valence-corrected chi connectivity index (χ2v) is 7.35. The van der Waals surface area contributed by atoms with Gasteiger partial charge in [-0.25, -0.2) is 9.69 Å². The van der Waals surface area contributed by atoms with Crippen molar-refractivity contribution < 1.29 is 19.1 Å². The van der Waals surface area contributed by atoms with Crippen LogP contribution in [0.25, 0.3) is 6.08 Å². The fourth-order valence-corrected chi connectivity index (χ4v) is 3.64. The summed E-state index contributed by atoms with van der Waals surface area (Å²) in [4.78, 5) is 41.2. The number of urea groups is 1. The lowest BCUT2D eigenvalue weighted by molar-refractivity contribution is -0.122. The largest absolute Gasteiger partial charge is 0.496 e. The molecular formula is C23H24ClN3O4. The first-order chi connectivity index (χ1) is 14.8. The summed E-state index contributed by atoms with van der Waals surface area (Å²) in [5.74, 6) is -0.977. The second-order valence-electron chi connectivity index (χ2n) is 6.94. The van der Waals surface area contributed by atoms with Gasteiger partial charge in [0.05, 0.1) is 12.8 Å². The topological polar surface area (TPSA) is 79.0 Å². The number of rotatable bonds is 6. The number of benzene rings is 2. The molecule has 1 saturated heterocycles. The maximum atomic E-state index is 13.2. The van der Waals surface area contributed by atoms with E-state index in [9.17, 15) is 14.4 Å². The standard InChI is InChI=1S/C23H24ClN3O4/c1-5-26(6-2)16-11-10-15(20(13-16)31-4)12-17-21(28)25-23(30)27(22(17)29)19-9-7-8-18(24)14(19)3/h7-13H,5-6H2,1-4H3,(H,25,28,30)/b17-12+. The van der Waals surface area contributed by atoms with Gasteiger partial charge in [-0.15, -0.1) is 0 Å². The van der Waals surface area contributed by atoms with Gasteiger partial charge in [-0.1, -0.05) is 17.7 Å². The Morgan fingerprint density at radius 3 is 2.48 bits per heavy atom. The molecule has 2 aromatic rings. The number of barbiturate groups is 1. The zero-order chi connectivity index (χ0) is 22.7. The number of carbonyl (C=O) groups is 3. The molecule has 7 nitrogen and oxygen atoms in total. The average Bonchev–Trinajstić information content (AvgIpc) is 2.75. The lowest BCUT2D eigenvalue weighted by Crippen LogP contribution is -2.54. The van der Waals surface area contributed by atoms with Crippen molar-refractivity contribution in [3.63, 3.8) is 0 Å². The molecule has 1 N–H and O–H groups in total. The van der Waals surface area contributed by atoms with Crippen LogP contribution in [-0.2, 0) is 9.59 Å². The number of nitrogens with one attached hydrogen (secondary N) is 1. The monoisotopic (exact) mass is 441 g/mol. The zero-order valence-electron chi connectivity index (χ0n) is 17.9. The highest BCUT2D eigenvalue weighted by Crippen LogP contribution is 2.31. The maximum absolute atomic E-state index is 13.2. The van der Waals surface area contributed by atoms with Crippen LogP contribution in [0.2, 0.25) is 5.02 Å². The van der Waals surface area contributed by atoms with E-state index in [1.807, 2.05) is 12.1 Å². The molecule has 0 unspecified atom stereocenters. The minimum absolute atomic E-state index is 0.173. The van der Waals surface area contributed by atoms with Crippen molar-refractivity contribution in [1.29, 1.82) is 0 Å². The van der Waals surface area contributed by atoms with Crippen LogP contribution < -0.4 is 19.9 Å². The summed E-state index contributed by atoms with van der Waals surface area (Å²) in [5.41, 5.74) is 2.22. The molecule has 1 fully saturated rings. The van der Waals surface area contributed by atoms with E-state index in [0.717, 1.165) is 23.7 Å². The molecular weight excluding hydrogens is 418 g/mol. The SMILES string of the molecule is CCN(CC)c1ccc(/C=C2\C(=O)NC(=O)N(c3cccc(Cl)c3C)C2=O)c(OC)c1. The number of amides is 4. The predicted molar refractivity (Wildman–Crippen MR) is 122 cm³/mol. The number of hydrogen-bond donors (Lipinski definition) is 1. The molecule has 3 rings (SSSR count). The van der Waals surface area contributed by atoms with E-state index in [-0.39, 0.29) is 5.57 Å². The number of nitrogens with zero attached hydrogens (tertiary/aromatic N) is 2. The lowest BCUT2D eigenvalue weighted by Gasteiger charge is -2.28. The molecule has 0 atom stereocenters. The summed E-state index contributed by atoms with van der Waals surface area (Å²) >= 11 is 6.16. The predicted octanol–water partition coefficient (Wildman–Crippen LogP) is 4.17. The van der Waals surface area contributed by atoms with Crippen LogP contribution in [0.3, 0.4) is 0 Å². The van der Waals surface area contributed by atoms with E-state index in [4.69, 9.17) is 16.3 Å². The first kappa shape index (κ1) is 22.4. The summed E-state index contributed by atoms with van der Waals surface area (Å²) < 4.78 is 5.49. The van der Waals surface area contributed by atoms with Crippen molar-refractivity contribution in [2.24, 2.45) is 0 Å². The van der Waals surface area contributed by atoms with Crippen molar-refractivity contribution in [1.82, 2.24) is 5.32 Å². The summed E-state index contributed by atoms with van der Waals surface area (Å²) in [7, 11) is 1.53. The Kier molecular flexibility index (Phi) is 6.65. The van der Waals surface area contributed by atoms with E-state index in [1.54, 1.807) is 31.2 Å². The lowest BCUT2D eigenvalue weighted by atomic mass is 10.0. The van der Waals surface area contributed by atoms with Crippen LogP contribution in [0.1, 0.15) is 25.0 Å². The summed E-state index contributed by atoms with van der Waals surface area (Å²) in [6.45, 7) is 7.47. The van der Waals surface area contributed by atoms with Crippen LogP contribution in [0, 0.1) is 6.92 Å². The molecule has 0 aromatic heterocycles. The van der Waals surface area contributed by atoms with E-state index in [0.29, 0.717) is 27.6 Å². The quantitative estimate of drug-likeness (QED) is 0.537.